The summed E-state index contributed by atoms with van der Waals surface area (Å²) < 4.78 is 5.26. The number of hydrogen-bond acceptors (Lipinski definition) is 4. The Bertz CT molecular complexity index is 632. The molecule has 1 heterocycles. The number of ether oxygens (including phenoxy) is 1. The monoisotopic (exact) mass is 345 g/mol. The first-order valence-corrected chi connectivity index (χ1v) is 8.94. The quantitative estimate of drug-likeness (QED) is 0.883. The molecule has 0 unspecified atom stereocenters. The van der Waals surface area contributed by atoms with Crippen LogP contribution >= 0.6 is 0 Å². The van der Waals surface area contributed by atoms with E-state index in [2.05, 4.69) is 15.5 Å². The number of nitrogens with one attached hydrogen (secondary N) is 2. The fourth-order valence-electron chi connectivity index (χ4n) is 3.28. The fourth-order valence-corrected chi connectivity index (χ4v) is 3.28. The van der Waals surface area contributed by atoms with Gasteiger partial charge in [0.1, 0.15) is 5.60 Å². The van der Waals surface area contributed by atoms with Crippen molar-refractivity contribution in [1.29, 1.82) is 0 Å². The summed E-state index contributed by atoms with van der Waals surface area (Å²) in [6.07, 6.45) is 3.12. The van der Waals surface area contributed by atoms with Gasteiger partial charge in [0.05, 0.1) is 12.6 Å². The maximum atomic E-state index is 11.8. The van der Waals surface area contributed by atoms with Crippen LogP contribution in [-0.2, 0) is 9.53 Å². The highest BCUT2D eigenvalue weighted by Gasteiger charge is 2.35. The van der Waals surface area contributed by atoms with E-state index in [1.807, 2.05) is 45.0 Å². The van der Waals surface area contributed by atoms with Crippen LogP contribution in [0.25, 0.3) is 0 Å². The second-order valence-corrected chi connectivity index (χ2v) is 7.83. The largest absolute Gasteiger partial charge is 0.444 e. The summed E-state index contributed by atoms with van der Waals surface area (Å²) >= 11 is 0. The van der Waals surface area contributed by atoms with Crippen molar-refractivity contribution < 1.29 is 14.3 Å². The van der Waals surface area contributed by atoms with E-state index in [4.69, 9.17) is 4.74 Å². The van der Waals surface area contributed by atoms with Crippen molar-refractivity contribution in [2.24, 2.45) is 0 Å². The van der Waals surface area contributed by atoms with Crippen LogP contribution in [0, 0.1) is 0 Å². The minimum Gasteiger partial charge on any atom is -0.444 e. The first-order chi connectivity index (χ1) is 11.8. The molecule has 1 saturated carbocycles. The Morgan fingerprint density at radius 3 is 2.48 bits per heavy atom. The lowest BCUT2D eigenvalue weighted by molar-refractivity contribution is -0.127. The molecule has 6 heteroatoms. The van der Waals surface area contributed by atoms with Crippen LogP contribution in [0.3, 0.4) is 0 Å². The van der Waals surface area contributed by atoms with Crippen LogP contribution in [0.15, 0.2) is 24.3 Å². The van der Waals surface area contributed by atoms with Gasteiger partial charge in [-0.1, -0.05) is 18.6 Å². The van der Waals surface area contributed by atoms with E-state index < -0.39 is 11.7 Å². The second kappa shape index (κ2) is 7.04. The molecule has 2 amide bonds. The molecule has 0 spiro atoms. The van der Waals surface area contributed by atoms with Crippen molar-refractivity contribution in [2.45, 2.75) is 57.7 Å². The summed E-state index contributed by atoms with van der Waals surface area (Å²) in [5, 5.41) is 5.71. The molecule has 3 rings (SSSR count). The van der Waals surface area contributed by atoms with Crippen LogP contribution in [-0.4, -0.2) is 41.6 Å². The molecule has 136 valence electrons. The van der Waals surface area contributed by atoms with E-state index in [0.29, 0.717) is 24.8 Å². The molecule has 1 aromatic carbocycles. The molecule has 1 atom stereocenters. The van der Waals surface area contributed by atoms with Crippen LogP contribution in [0.2, 0.25) is 0 Å². The number of piperazine rings is 1. The van der Waals surface area contributed by atoms with Gasteiger partial charge in [-0.2, -0.15) is 0 Å². The number of amides is 2. The minimum absolute atomic E-state index is 0.103. The second-order valence-electron chi connectivity index (χ2n) is 7.83. The maximum Gasteiger partial charge on any atom is 0.412 e. The van der Waals surface area contributed by atoms with Crippen molar-refractivity contribution in [3.63, 3.8) is 0 Å². The summed E-state index contributed by atoms with van der Waals surface area (Å²) in [6.45, 7) is 6.60. The number of anilines is 1. The van der Waals surface area contributed by atoms with Gasteiger partial charge in [0.15, 0.2) is 0 Å². The predicted octanol–water partition coefficient (Wildman–Crippen LogP) is 3.06. The SMILES string of the molecule is CC(C)(C)OC(=O)Nc1ccc([C@H]2CNC(=O)CN2C2CCC2)cc1. The van der Waals surface area contributed by atoms with E-state index >= 15 is 0 Å². The van der Waals surface area contributed by atoms with Crippen LogP contribution in [0.5, 0.6) is 0 Å². The first-order valence-electron chi connectivity index (χ1n) is 8.94. The van der Waals surface area contributed by atoms with Crippen LogP contribution in [0.4, 0.5) is 10.5 Å². The molecule has 0 aromatic heterocycles. The third-order valence-corrected chi connectivity index (χ3v) is 4.70. The van der Waals surface area contributed by atoms with Crippen molar-refractivity contribution in [1.82, 2.24) is 10.2 Å². The highest BCUT2D eigenvalue weighted by atomic mass is 16.6. The number of carbonyl (C=O) groups is 2. The predicted molar refractivity (Wildman–Crippen MR) is 96.4 cm³/mol. The molecule has 1 aliphatic heterocycles. The highest BCUT2D eigenvalue weighted by Crippen LogP contribution is 2.33. The molecule has 2 N–H and O–H groups in total. The van der Waals surface area contributed by atoms with Gasteiger partial charge in [0, 0.05) is 18.3 Å². The Labute approximate surface area is 148 Å². The van der Waals surface area contributed by atoms with Gasteiger partial charge < -0.3 is 10.1 Å². The number of carbonyl (C=O) groups excluding carboxylic acids is 2. The Morgan fingerprint density at radius 1 is 1.24 bits per heavy atom. The van der Waals surface area contributed by atoms with E-state index in [-0.39, 0.29) is 11.9 Å². The molecule has 1 aliphatic carbocycles. The normalized spacial score (nSPS) is 22.0. The van der Waals surface area contributed by atoms with Gasteiger partial charge in [0.25, 0.3) is 0 Å². The van der Waals surface area contributed by atoms with Gasteiger partial charge >= 0.3 is 6.09 Å². The molecule has 0 bridgehead atoms. The van der Waals surface area contributed by atoms with Crippen molar-refractivity contribution in [3.8, 4) is 0 Å². The van der Waals surface area contributed by atoms with E-state index in [1.54, 1.807) is 0 Å². The first kappa shape index (κ1) is 17.7. The zero-order valence-corrected chi connectivity index (χ0v) is 15.2. The summed E-state index contributed by atoms with van der Waals surface area (Å²) in [6, 6.07) is 8.50. The maximum absolute atomic E-state index is 11.8. The number of hydrogen-bond donors (Lipinski definition) is 2. The van der Waals surface area contributed by atoms with Crippen LogP contribution < -0.4 is 10.6 Å². The molecule has 2 fully saturated rings. The average Bonchev–Trinajstić information content (AvgIpc) is 2.45. The number of nitrogens with zero attached hydrogens (tertiary/aromatic N) is 1. The Hall–Kier alpha value is -2.08. The Morgan fingerprint density at radius 2 is 1.92 bits per heavy atom. The van der Waals surface area contributed by atoms with Gasteiger partial charge in [-0.15, -0.1) is 0 Å². The summed E-state index contributed by atoms with van der Waals surface area (Å²) in [5.41, 5.74) is 1.34. The standard InChI is InChI=1S/C19H27N3O3/c1-19(2,3)25-18(24)21-14-9-7-13(8-10-14)16-11-20-17(23)12-22(16)15-5-4-6-15/h7-10,15-16H,4-6,11-12H2,1-3H3,(H,20,23)(H,21,24)/t16-/m1/s1. The smallest absolute Gasteiger partial charge is 0.412 e. The summed E-state index contributed by atoms with van der Waals surface area (Å²) in [7, 11) is 0. The molecular formula is C19H27N3O3. The van der Waals surface area contributed by atoms with Crippen LogP contribution in [0.1, 0.15) is 51.6 Å². The van der Waals surface area contributed by atoms with Gasteiger partial charge in [-0.05, 0) is 51.3 Å². The summed E-state index contributed by atoms with van der Waals surface area (Å²) in [5.74, 6) is 0.103. The molecule has 0 radical (unpaired) electrons. The zero-order chi connectivity index (χ0) is 18.0. The Balaban J connectivity index is 1.66. The lowest BCUT2D eigenvalue weighted by atomic mass is 9.88. The fraction of sp³-hybridized carbons (Fsp3) is 0.579. The van der Waals surface area contributed by atoms with Gasteiger partial charge in [-0.3, -0.25) is 15.0 Å². The minimum atomic E-state index is -0.520. The van der Waals surface area contributed by atoms with Crippen molar-refractivity contribution >= 4 is 17.7 Å². The third kappa shape index (κ3) is 4.51. The number of rotatable bonds is 3. The van der Waals surface area contributed by atoms with Gasteiger partial charge in [-0.25, -0.2) is 4.79 Å². The molecule has 2 aliphatic rings. The molecule has 6 nitrogen and oxygen atoms in total. The average molecular weight is 345 g/mol. The topological polar surface area (TPSA) is 70.7 Å². The van der Waals surface area contributed by atoms with Crippen molar-refractivity contribution in [2.75, 3.05) is 18.4 Å². The van der Waals surface area contributed by atoms with E-state index in [9.17, 15) is 9.59 Å². The molecule has 1 saturated heterocycles. The van der Waals surface area contributed by atoms with E-state index in [0.717, 1.165) is 5.56 Å². The third-order valence-electron chi connectivity index (χ3n) is 4.70. The molecular weight excluding hydrogens is 318 g/mol. The lowest BCUT2D eigenvalue weighted by Gasteiger charge is -2.44. The van der Waals surface area contributed by atoms with Crippen molar-refractivity contribution in [3.05, 3.63) is 29.8 Å². The highest BCUT2D eigenvalue weighted by molar-refractivity contribution is 5.84. The lowest BCUT2D eigenvalue weighted by Crippen LogP contribution is -2.55. The summed E-state index contributed by atoms with van der Waals surface area (Å²) in [4.78, 5) is 25.9. The molecule has 1 aromatic rings. The Kier molecular flexibility index (Phi) is 4.99. The number of benzene rings is 1. The zero-order valence-electron chi connectivity index (χ0n) is 15.2. The molecule has 25 heavy (non-hydrogen) atoms. The van der Waals surface area contributed by atoms with E-state index in [1.165, 1.54) is 19.3 Å². The van der Waals surface area contributed by atoms with Gasteiger partial charge in [0.2, 0.25) is 5.91 Å².